The zero-order valence-corrected chi connectivity index (χ0v) is 12.2. The molecule has 108 valence electrons. The highest BCUT2D eigenvalue weighted by Gasteiger charge is 2.24. The van der Waals surface area contributed by atoms with Gasteiger partial charge in [0, 0.05) is 0 Å². The van der Waals surface area contributed by atoms with Crippen LogP contribution >= 0.6 is 0 Å². The van der Waals surface area contributed by atoms with Crippen molar-refractivity contribution in [3.63, 3.8) is 0 Å². The van der Waals surface area contributed by atoms with E-state index in [-0.39, 0.29) is 0 Å². The Bertz CT molecular complexity index is 488. The molecule has 0 radical (unpaired) electrons. The third-order valence-electron chi connectivity index (χ3n) is 2.57. The number of aliphatic imine (C=N–C) groups is 1. The maximum atomic E-state index is 11.9. The highest BCUT2D eigenvalue weighted by molar-refractivity contribution is 5.68. The van der Waals surface area contributed by atoms with Crippen molar-refractivity contribution in [3.05, 3.63) is 35.9 Å². The van der Waals surface area contributed by atoms with Crippen molar-refractivity contribution in [1.82, 2.24) is 5.32 Å². The third kappa shape index (κ3) is 5.24. The van der Waals surface area contributed by atoms with E-state index in [1.54, 1.807) is 27.7 Å². The Balaban J connectivity index is 2.89. The van der Waals surface area contributed by atoms with E-state index in [0.717, 1.165) is 5.56 Å². The van der Waals surface area contributed by atoms with Gasteiger partial charge in [-0.2, -0.15) is 0 Å². The van der Waals surface area contributed by atoms with E-state index in [1.807, 2.05) is 30.3 Å². The van der Waals surface area contributed by atoms with Crippen molar-refractivity contribution < 1.29 is 14.3 Å². The molecule has 2 atom stereocenters. The number of alkyl carbamates (subject to hydrolysis) is 1. The lowest BCUT2D eigenvalue weighted by molar-refractivity contribution is 0.0497. The van der Waals surface area contributed by atoms with Gasteiger partial charge in [-0.1, -0.05) is 30.3 Å². The van der Waals surface area contributed by atoms with Crippen molar-refractivity contribution in [2.75, 3.05) is 0 Å². The van der Waals surface area contributed by atoms with Crippen molar-refractivity contribution >= 4 is 12.2 Å². The maximum Gasteiger partial charge on any atom is 0.408 e. The van der Waals surface area contributed by atoms with Crippen LogP contribution in [0.5, 0.6) is 0 Å². The maximum absolute atomic E-state index is 11.9. The number of carbonyl (C=O) groups is 1. The van der Waals surface area contributed by atoms with E-state index in [0.29, 0.717) is 0 Å². The van der Waals surface area contributed by atoms with Crippen LogP contribution in [0.15, 0.2) is 35.3 Å². The Labute approximate surface area is 119 Å². The minimum absolute atomic E-state index is 0.428. The summed E-state index contributed by atoms with van der Waals surface area (Å²) in [5.41, 5.74) is 0.271. The average molecular weight is 276 g/mol. The second-order valence-electron chi connectivity index (χ2n) is 5.50. The van der Waals surface area contributed by atoms with Crippen LogP contribution in [0, 0.1) is 0 Å². The molecule has 0 aliphatic heterocycles. The molecule has 1 N–H and O–H groups in total. The van der Waals surface area contributed by atoms with Gasteiger partial charge < -0.3 is 10.1 Å². The van der Waals surface area contributed by atoms with Gasteiger partial charge in [0.05, 0.1) is 12.1 Å². The molecule has 0 saturated carbocycles. The number of rotatable bonds is 4. The molecule has 5 heteroatoms. The first kappa shape index (κ1) is 15.9. The summed E-state index contributed by atoms with van der Waals surface area (Å²) in [5, 5.41) is 2.74. The first-order chi connectivity index (χ1) is 9.33. The Kier molecular flexibility index (Phi) is 5.47. The Hall–Kier alpha value is -2.13. The summed E-state index contributed by atoms with van der Waals surface area (Å²) >= 11 is 0. The molecule has 0 spiro atoms. The summed E-state index contributed by atoms with van der Waals surface area (Å²) in [4.78, 5) is 26.0. The van der Waals surface area contributed by atoms with Crippen molar-refractivity contribution in [2.45, 2.75) is 45.4 Å². The molecule has 1 rings (SSSR count). The Morgan fingerprint density at radius 2 is 1.90 bits per heavy atom. The smallest absolute Gasteiger partial charge is 0.408 e. The number of carbonyl (C=O) groups excluding carboxylic acids is 2. The van der Waals surface area contributed by atoms with Crippen molar-refractivity contribution in [2.24, 2.45) is 4.99 Å². The molecule has 0 aromatic heterocycles. The summed E-state index contributed by atoms with van der Waals surface area (Å²) in [5.74, 6) is 0. The second-order valence-corrected chi connectivity index (χ2v) is 5.50. The van der Waals surface area contributed by atoms with Gasteiger partial charge in [-0.25, -0.2) is 14.6 Å². The van der Waals surface area contributed by atoms with Crippen molar-refractivity contribution in [3.8, 4) is 0 Å². The van der Waals surface area contributed by atoms with Gasteiger partial charge in [-0.15, -0.1) is 0 Å². The summed E-state index contributed by atoms with van der Waals surface area (Å²) in [6.07, 6.45) is 0.980. The number of amides is 1. The highest BCUT2D eigenvalue weighted by Crippen LogP contribution is 2.19. The SMILES string of the molecule is CC(N=C=O)C(NC(=O)OC(C)(C)C)c1ccccc1. The van der Waals surface area contributed by atoms with E-state index < -0.39 is 23.8 Å². The van der Waals surface area contributed by atoms with Crippen molar-refractivity contribution in [1.29, 1.82) is 0 Å². The van der Waals surface area contributed by atoms with E-state index in [9.17, 15) is 9.59 Å². The minimum atomic E-state index is -0.581. The molecule has 1 aromatic rings. The Morgan fingerprint density at radius 1 is 1.30 bits per heavy atom. The molecule has 5 nitrogen and oxygen atoms in total. The topological polar surface area (TPSA) is 67.8 Å². The zero-order chi connectivity index (χ0) is 15.2. The van der Waals surface area contributed by atoms with E-state index in [4.69, 9.17) is 4.74 Å². The Morgan fingerprint density at radius 3 is 2.40 bits per heavy atom. The molecule has 20 heavy (non-hydrogen) atoms. The number of hydrogen-bond acceptors (Lipinski definition) is 4. The van der Waals surface area contributed by atoms with Gasteiger partial charge in [0.1, 0.15) is 5.60 Å². The lowest BCUT2D eigenvalue weighted by Crippen LogP contribution is -2.38. The van der Waals surface area contributed by atoms with Gasteiger partial charge in [0.2, 0.25) is 6.08 Å². The molecule has 0 aliphatic carbocycles. The summed E-state index contributed by atoms with van der Waals surface area (Å²) in [6, 6.07) is 8.45. The number of isocyanates is 1. The molecule has 0 bridgehead atoms. The van der Waals surface area contributed by atoms with Crippen LogP contribution in [-0.2, 0) is 9.53 Å². The fraction of sp³-hybridized carbons (Fsp3) is 0.467. The number of nitrogens with one attached hydrogen (secondary N) is 1. The fourth-order valence-electron chi connectivity index (χ4n) is 1.74. The van der Waals surface area contributed by atoms with Gasteiger partial charge in [-0.3, -0.25) is 0 Å². The van der Waals surface area contributed by atoms with Crippen LogP contribution in [0.3, 0.4) is 0 Å². The zero-order valence-electron chi connectivity index (χ0n) is 12.2. The number of hydrogen-bond donors (Lipinski definition) is 1. The lowest BCUT2D eigenvalue weighted by atomic mass is 10.0. The van der Waals surface area contributed by atoms with Gasteiger partial charge >= 0.3 is 6.09 Å². The van der Waals surface area contributed by atoms with E-state index >= 15 is 0 Å². The lowest BCUT2D eigenvalue weighted by Gasteiger charge is -2.25. The monoisotopic (exact) mass is 276 g/mol. The largest absolute Gasteiger partial charge is 0.444 e. The van der Waals surface area contributed by atoms with E-state index in [1.165, 1.54) is 6.08 Å². The summed E-state index contributed by atoms with van der Waals surface area (Å²) in [6.45, 7) is 7.10. The normalized spacial score (nSPS) is 13.8. The molecular formula is C15H20N2O3. The molecule has 2 unspecified atom stereocenters. The molecule has 0 heterocycles. The van der Waals surface area contributed by atoms with Gasteiger partial charge in [0.25, 0.3) is 0 Å². The van der Waals surface area contributed by atoms with Crippen LogP contribution in [0.25, 0.3) is 0 Å². The first-order valence-electron chi connectivity index (χ1n) is 6.45. The molecule has 0 aliphatic rings. The van der Waals surface area contributed by atoms with Gasteiger partial charge in [-0.05, 0) is 33.3 Å². The van der Waals surface area contributed by atoms with E-state index in [2.05, 4.69) is 10.3 Å². The minimum Gasteiger partial charge on any atom is -0.444 e. The second kappa shape index (κ2) is 6.87. The first-order valence-corrected chi connectivity index (χ1v) is 6.45. The average Bonchev–Trinajstić information content (AvgIpc) is 2.35. The molecule has 1 amide bonds. The molecular weight excluding hydrogens is 256 g/mol. The predicted octanol–water partition coefficient (Wildman–Crippen LogP) is 2.98. The molecule has 0 fully saturated rings. The van der Waals surface area contributed by atoms with Crippen LogP contribution in [-0.4, -0.2) is 23.8 Å². The fourth-order valence-corrected chi connectivity index (χ4v) is 1.74. The number of benzene rings is 1. The summed E-state index contributed by atoms with van der Waals surface area (Å²) < 4.78 is 5.23. The molecule has 0 saturated heterocycles. The van der Waals surface area contributed by atoms with Gasteiger partial charge in [0.15, 0.2) is 0 Å². The number of nitrogens with zero attached hydrogens (tertiary/aromatic N) is 1. The number of ether oxygens (including phenoxy) is 1. The molecule has 1 aromatic carbocycles. The predicted molar refractivity (Wildman–Crippen MR) is 76.1 cm³/mol. The van der Waals surface area contributed by atoms with Crippen LogP contribution < -0.4 is 5.32 Å². The summed E-state index contributed by atoms with van der Waals surface area (Å²) in [7, 11) is 0. The third-order valence-corrected chi connectivity index (χ3v) is 2.57. The van der Waals surface area contributed by atoms with Crippen LogP contribution in [0.4, 0.5) is 4.79 Å². The highest BCUT2D eigenvalue weighted by atomic mass is 16.6. The van der Waals surface area contributed by atoms with Crippen LogP contribution in [0.2, 0.25) is 0 Å². The standard InChI is InChI=1S/C15H20N2O3/c1-11(16-10-18)13(12-8-6-5-7-9-12)17-14(19)20-15(2,3)4/h5-9,11,13H,1-4H3,(H,17,19). The van der Waals surface area contributed by atoms with Crippen LogP contribution in [0.1, 0.15) is 39.3 Å². The quantitative estimate of drug-likeness (QED) is 0.679.